The Morgan fingerprint density at radius 3 is 2.23 bits per heavy atom. The number of nitrogens with zero attached hydrogens (tertiary/aromatic N) is 4. The molecule has 3 heterocycles. The number of hydrogen-bond acceptors (Lipinski definition) is 6. The molecule has 1 aromatic carbocycles. The first-order valence-electron chi connectivity index (χ1n) is 12.6. The predicted molar refractivity (Wildman–Crippen MR) is 135 cm³/mol. The standard InChI is InChI=1S/C27H34FN5O2/c1-18-16-23(31-25(29-18)33-12-8-26(3,28)9-13-33)30-24(35)21-5-4-20(19(2)34)17-22(21)32-14-10-27(6-7-27)11-15-32/h4-5,16-17H,6-15H2,1-3H3,(H,29,30,31,35). The van der Waals surface area contributed by atoms with Crippen LogP contribution in [0.2, 0.25) is 0 Å². The fraction of sp³-hybridized carbons (Fsp3) is 0.556. The number of halogens is 1. The van der Waals surface area contributed by atoms with E-state index in [1.165, 1.54) is 12.8 Å². The molecule has 0 atom stereocenters. The zero-order valence-electron chi connectivity index (χ0n) is 20.9. The van der Waals surface area contributed by atoms with Gasteiger partial charge in [0.15, 0.2) is 5.78 Å². The zero-order valence-corrected chi connectivity index (χ0v) is 20.9. The second-order valence-corrected chi connectivity index (χ2v) is 10.8. The fourth-order valence-electron chi connectivity index (χ4n) is 5.22. The number of hydrogen-bond donors (Lipinski definition) is 1. The van der Waals surface area contributed by atoms with Crippen molar-refractivity contribution in [2.45, 2.75) is 65.0 Å². The van der Waals surface area contributed by atoms with Gasteiger partial charge in [-0.05, 0) is 76.8 Å². The third kappa shape index (κ3) is 5.16. The molecule has 0 radical (unpaired) electrons. The Kier molecular flexibility index (Phi) is 6.01. The highest BCUT2D eigenvalue weighted by atomic mass is 19.1. The molecule has 5 rings (SSSR count). The molecule has 3 fully saturated rings. The SMILES string of the molecule is CC(=O)c1ccc(C(=O)Nc2cc(C)nc(N3CCC(C)(F)CC3)n2)c(N2CCC3(CC2)CC3)c1. The summed E-state index contributed by atoms with van der Waals surface area (Å²) in [4.78, 5) is 38.8. The first-order chi connectivity index (χ1) is 16.6. The highest BCUT2D eigenvalue weighted by Gasteiger charge is 2.44. The molecule has 2 aliphatic heterocycles. The molecule has 8 heteroatoms. The summed E-state index contributed by atoms with van der Waals surface area (Å²) in [6.07, 6.45) is 5.71. The average molecular weight is 480 g/mol. The van der Waals surface area contributed by atoms with Crippen LogP contribution in [-0.4, -0.2) is 53.5 Å². The lowest BCUT2D eigenvalue weighted by molar-refractivity contribution is 0.100. The number of anilines is 3. The minimum atomic E-state index is -1.16. The van der Waals surface area contributed by atoms with Gasteiger partial charge < -0.3 is 15.1 Å². The van der Waals surface area contributed by atoms with E-state index in [4.69, 9.17) is 0 Å². The van der Waals surface area contributed by atoms with Gasteiger partial charge in [-0.2, -0.15) is 4.98 Å². The minimum Gasteiger partial charge on any atom is -0.371 e. The third-order valence-corrected chi connectivity index (χ3v) is 7.94. The highest BCUT2D eigenvalue weighted by Crippen LogP contribution is 2.54. The fourth-order valence-corrected chi connectivity index (χ4v) is 5.22. The first kappa shape index (κ1) is 23.7. The van der Waals surface area contributed by atoms with Crippen LogP contribution >= 0.6 is 0 Å². The summed E-state index contributed by atoms with van der Waals surface area (Å²) in [5.41, 5.74) is 2.03. The van der Waals surface area contributed by atoms with Gasteiger partial charge in [-0.3, -0.25) is 9.59 Å². The van der Waals surface area contributed by atoms with Crippen molar-refractivity contribution >= 4 is 29.1 Å². The predicted octanol–water partition coefficient (Wildman–Crippen LogP) is 4.95. The van der Waals surface area contributed by atoms with Gasteiger partial charge in [-0.1, -0.05) is 6.07 Å². The maximum atomic E-state index is 14.2. The Balaban J connectivity index is 1.37. The normalized spacial score (nSPS) is 20.6. The molecular formula is C27H34FN5O2. The van der Waals surface area contributed by atoms with Crippen LogP contribution < -0.4 is 15.1 Å². The number of benzene rings is 1. The molecule has 1 amide bonds. The largest absolute Gasteiger partial charge is 0.371 e. The van der Waals surface area contributed by atoms with Crippen LogP contribution in [0.15, 0.2) is 24.3 Å². The zero-order chi connectivity index (χ0) is 24.8. The summed E-state index contributed by atoms with van der Waals surface area (Å²) in [5.74, 6) is 0.647. The second-order valence-electron chi connectivity index (χ2n) is 10.8. The van der Waals surface area contributed by atoms with Gasteiger partial charge in [0.1, 0.15) is 11.5 Å². The molecule has 1 spiro atoms. The Morgan fingerprint density at radius 2 is 1.60 bits per heavy atom. The number of aryl methyl sites for hydroxylation is 1. The lowest BCUT2D eigenvalue weighted by Crippen LogP contribution is -2.41. The van der Waals surface area contributed by atoms with E-state index >= 15 is 0 Å². The molecule has 1 N–H and O–H groups in total. The van der Waals surface area contributed by atoms with Crippen LogP contribution in [0.25, 0.3) is 0 Å². The van der Waals surface area contributed by atoms with Crippen molar-refractivity contribution in [3.8, 4) is 0 Å². The number of amides is 1. The van der Waals surface area contributed by atoms with E-state index in [-0.39, 0.29) is 11.7 Å². The van der Waals surface area contributed by atoms with Gasteiger partial charge in [-0.25, -0.2) is 9.37 Å². The number of alkyl halides is 1. The molecule has 2 saturated heterocycles. The number of carbonyl (C=O) groups is 2. The summed E-state index contributed by atoms with van der Waals surface area (Å²) in [7, 11) is 0. The Bertz CT molecular complexity index is 1140. The lowest BCUT2D eigenvalue weighted by atomic mass is 9.92. The van der Waals surface area contributed by atoms with Gasteiger partial charge in [0.05, 0.1) is 11.3 Å². The summed E-state index contributed by atoms with van der Waals surface area (Å²) in [6, 6.07) is 7.04. The first-order valence-corrected chi connectivity index (χ1v) is 12.6. The quantitative estimate of drug-likeness (QED) is 0.612. The van der Waals surface area contributed by atoms with Crippen molar-refractivity contribution < 1.29 is 14.0 Å². The second kappa shape index (κ2) is 8.88. The number of rotatable bonds is 5. The van der Waals surface area contributed by atoms with Crippen molar-refractivity contribution in [2.75, 3.05) is 41.3 Å². The molecule has 0 unspecified atom stereocenters. The van der Waals surface area contributed by atoms with Gasteiger partial charge >= 0.3 is 0 Å². The topological polar surface area (TPSA) is 78.4 Å². The van der Waals surface area contributed by atoms with E-state index in [0.29, 0.717) is 54.2 Å². The number of aromatic nitrogens is 2. The van der Waals surface area contributed by atoms with E-state index in [0.717, 1.165) is 37.3 Å². The highest BCUT2D eigenvalue weighted by molar-refractivity contribution is 6.09. The number of ketones is 1. The molecular weight excluding hydrogens is 445 g/mol. The average Bonchev–Trinajstić information content (AvgIpc) is 3.57. The summed E-state index contributed by atoms with van der Waals surface area (Å²) in [6.45, 7) is 7.90. The number of piperidine rings is 2. The van der Waals surface area contributed by atoms with Crippen molar-refractivity contribution in [1.82, 2.24) is 9.97 Å². The van der Waals surface area contributed by atoms with Crippen LogP contribution in [0.1, 0.15) is 78.8 Å². The van der Waals surface area contributed by atoms with E-state index < -0.39 is 5.67 Å². The van der Waals surface area contributed by atoms with Gasteiger partial charge in [0, 0.05) is 43.5 Å². The van der Waals surface area contributed by atoms with Crippen LogP contribution in [0.5, 0.6) is 0 Å². The lowest BCUT2D eigenvalue weighted by Gasteiger charge is -2.35. The van der Waals surface area contributed by atoms with E-state index in [2.05, 4.69) is 20.2 Å². The van der Waals surface area contributed by atoms with Gasteiger partial charge in [0.2, 0.25) is 5.95 Å². The number of nitrogens with one attached hydrogen (secondary N) is 1. The van der Waals surface area contributed by atoms with Crippen molar-refractivity contribution in [2.24, 2.45) is 5.41 Å². The van der Waals surface area contributed by atoms with Crippen LogP contribution in [-0.2, 0) is 0 Å². The summed E-state index contributed by atoms with van der Waals surface area (Å²) in [5, 5.41) is 2.95. The molecule has 186 valence electrons. The van der Waals surface area contributed by atoms with Crippen LogP contribution in [0, 0.1) is 12.3 Å². The van der Waals surface area contributed by atoms with Crippen LogP contribution in [0.4, 0.5) is 21.8 Å². The van der Waals surface area contributed by atoms with E-state index in [1.807, 2.05) is 17.9 Å². The van der Waals surface area contributed by atoms with E-state index in [9.17, 15) is 14.0 Å². The van der Waals surface area contributed by atoms with Crippen molar-refractivity contribution in [3.05, 3.63) is 41.1 Å². The Hall–Kier alpha value is -3.03. The molecule has 7 nitrogen and oxygen atoms in total. The maximum Gasteiger partial charge on any atom is 0.258 e. The van der Waals surface area contributed by atoms with Gasteiger partial charge in [0.25, 0.3) is 5.91 Å². The molecule has 3 aliphatic rings. The third-order valence-electron chi connectivity index (χ3n) is 7.94. The molecule has 1 aromatic heterocycles. The van der Waals surface area contributed by atoms with Gasteiger partial charge in [-0.15, -0.1) is 0 Å². The molecule has 0 bridgehead atoms. The summed E-state index contributed by atoms with van der Waals surface area (Å²) >= 11 is 0. The minimum absolute atomic E-state index is 0.0177. The molecule has 1 saturated carbocycles. The Labute approximate surface area is 206 Å². The monoisotopic (exact) mass is 479 g/mol. The molecule has 1 aliphatic carbocycles. The smallest absolute Gasteiger partial charge is 0.258 e. The number of carbonyl (C=O) groups excluding carboxylic acids is 2. The van der Waals surface area contributed by atoms with Crippen molar-refractivity contribution in [1.29, 1.82) is 0 Å². The molecule has 35 heavy (non-hydrogen) atoms. The number of Topliss-reactive ketones (excluding diaryl/α,β-unsaturated/α-hetero) is 1. The van der Waals surface area contributed by atoms with Crippen LogP contribution in [0.3, 0.4) is 0 Å². The molecule has 2 aromatic rings. The Morgan fingerprint density at radius 1 is 0.943 bits per heavy atom. The summed E-state index contributed by atoms with van der Waals surface area (Å²) < 4.78 is 14.2. The van der Waals surface area contributed by atoms with E-state index in [1.54, 1.807) is 32.0 Å². The van der Waals surface area contributed by atoms with Crippen molar-refractivity contribution in [3.63, 3.8) is 0 Å². The maximum absolute atomic E-state index is 14.2.